The summed E-state index contributed by atoms with van der Waals surface area (Å²) in [5.41, 5.74) is 3.13. The van der Waals surface area contributed by atoms with Crippen LogP contribution >= 0.6 is 0 Å². The summed E-state index contributed by atoms with van der Waals surface area (Å²) in [5, 5.41) is 0. The van der Waals surface area contributed by atoms with Crippen LogP contribution in [0, 0.1) is 0 Å². The molecule has 0 aromatic heterocycles. The van der Waals surface area contributed by atoms with Crippen molar-refractivity contribution in [1.82, 2.24) is 0 Å². The number of hydrogen-bond acceptors (Lipinski definition) is 8. The van der Waals surface area contributed by atoms with E-state index >= 15 is 0 Å². The summed E-state index contributed by atoms with van der Waals surface area (Å²) >= 11 is 0. The maximum absolute atomic E-state index is 12.4. The van der Waals surface area contributed by atoms with Crippen molar-refractivity contribution in [3.8, 4) is 11.1 Å². The molecule has 2 aromatic carbocycles. The van der Waals surface area contributed by atoms with Gasteiger partial charge in [0, 0.05) is 5.69 Å². The Morgan fingerprint density at radius 2 is 1.41 bits per heavy atom. The average Bonchev–Trinajstić information content (AvgIpc) is 2.82. The number of carbonyl (C=O) groups excluding carboxylic acids is 3. The van der Waals surface area contributed by atoms with E-state index in [0.717, 1.165) is 11.1 Å². The molecule has 0 saturated heterocycles. The van der Waals surface area contributed by atoms with Gasteiger partial charge in [-0.3, -0.25) is 0 Å². The van der Waals surface area contributed by atoms with Crippen LogP contribution in [-0.4, -0.2) is 51.6 Å². The molecule has 0 aliphatic carbocycles. The molecular weight excluding hydrogens is 414 g/mol. The lowest BCUT2D eigenvalue weighted by molar-refractivity contribution is -0.140. The third-order valence-electron chi connectivity index (χ3n) is 4.81. The van der Waals surface area contributed by atoms with Crippen molar-refractivity contribution < 1.29 is 33.3 Å². The molecule has 3 rings (SSSR count). The fourth-order valence-electron chi connectivity index (χ4n) is 3.26. The Balaban J connectivity index is 1.86. The summed E-state index contributed by atoms with van der Waals surface area (Å²) in [7, 11) is 2.49. The summed E-state index contributed by atoms with van der Waals surface area (Å²) in [5.74, 6) is -1.67. The van der Waals surface area contributed by atoms with E-state index in [0.29, 0.717) is 11.3 Å². The van der Waals surface area contributed by atoms with Crippen molar-refractivity contribution in [3.63, 3.8) is 0 Å². The van der Waals surface area contributed by atoms with Crippen molar-refractivity contribution in [3.05, 3.63) is 65.4 Å². The van der Waals surface area contributed by atoms with Crippen LogP contribution in [-0.2, 0) is 28.5 Å². The molecule has 0 radical (unpaired) electrons. The molecule has 0 saturated carbocycles. The summed E-state index contributed by atoms with van der Waals surface area (Å²) in [4.78, 5) is 38.1. The second kappa shape index (κ2) is 10.1. The van der Waals surface area contributed by atoms with E-state index in [2.05, 4.69) is 0 Å². The van der Waals surface area contributed by atoms with Gasteiger partial charge in [0.25, 0.3) is 0 Å². The van der Waals surface area contributed by atoms with Crippen LogP contribution in [0.5, 0.6) is 0 Å². The number of carbonyl (C=O) groups is 3. The predicted octanol–water partition coefficient (Wildman–Crippen LogP) is 3.31. The Morgan fingerprint density at radius 1 is 0.844 bits per heavy atom. The number of nitrogens with zero attached hydrogens (tertiary/aromatic N) is 1. The van der Waals surface area contributed by atoms with E-state index in [4.69, 9.17) is 18.9 Å². The molecule has 0 atom stereocenters. The highest BCUT2D eigenvalue weighted by Crippen LogP contribution is 2.29. The minimum absolute atomic E-state index is 0.0444. The van der Waals surface area contributed by atoms with E-state index in [1.165, 1.54) is 14.2 Å². The normalized spacial score (nSPS) is 13.7. The standard InChI is InChI=1S/C24H25NO7/c1-15(2)32-22(26)18-7-5-16(6-8-18)17-9-11-19(12-10-17)25-14-31-13-20(23(27)29-3)21(25)24(28)30-4/h5-12,15H,13-14H2,1-4H3. The van der Waals surface area contributed by atoms with Crippen molar-refractivity contribution in [2.75, 3.05) is 32.5 Å². The first kappa shape index (κ1) is 23.0. The number of benzene rings is 2. The number of rotatable bonds is 6. The molecule has 1 aliphatic heterocycles. The Labute approximate surface area is 186 Å². The summed E-state index contributed by atoms with van der Waals surface area (Å²) < 4.78 is 20.3. The number of anilines is 1. The van der Waals surface area contributed by atoms with Crippen LogP contribution in [0.2, 0.25) is 0 Å². The molecule has 168 valence electrons. The zero-order chi connectivity index (χ0) is 23.3. The van der Waals surface area contributed by atoms with E-state index in [1.54, 1.807) is 30.9 Å². The molecule has 0 spiro atoms. The SMILES string of the molecule is COC(=O)C1=C(C(=O)OC)N(c2ccc(-c3ccc(C(=O)OC(C)C)cc3)cc2)COC1. The van der Waals surface area contributed by atoms with Gasteiger partial charge >= 0.3 is 17.9 Å². The minimum atomic E-state index is -0.651. The lowest BCUT2D eigenvalue weighted by Gasteiger charge is -2.31. The van der Waals surface area contributed by atoms with Crippen LogP contribution in [0.4, 0.5) is 5.69 Å². The smallest absolute Gasteiger partial charge is 0.355 e. The molecule has 0 unspecified atom stereocenters. The van der Waals surface area contributed by atoms with Crippen molar-refractivity contribution >= 4 is 23.6 Å². The van der Waals surface area contributed by atoms with Gasteiger partial charge in [-0.1, -0.05) is 24.3 Å². The van der Waals surface area contributed by atoms with Gasteiger partial charge in [0.1, 0.15) is 12.4 Å². The second-order valence-corrected chi connectivity index (χ2v) is 7.29. The van der Waals surface area contributed by atoms with Crippen molar-refractivity contribution in [2.24, 2.45) is 0 Å². The molecule has 32 heavy (non-hydrogen) atoms. The van der Waals surface area contributed by atoms with Crippen molar-refractivity contribution in [2.45, 2.75) is 20.0 Å². The summed E-state index contributed by atoms with van der Waals surface area (Å²) in [6.07, 6.45) is -0.183. The predicted molar refractivity (Wildman–Crippen MR) is 117 cm³/mol. The average molecular weight is 439 g/mol. The number of ether oxygens (including phenoxy) is 4. The molecule has 8 heteroatoms. The first-order valence-corrected chi connectivity index (χ1v) is 10.0. The molecule has 1 aliphatic rings. The second-order valence-electron chi connectivity index (χ2n) is 7.29. The molecule has 0 N–H and O–H groups in total. The summed E-state index contributed by atoms with van der Waals surface area (Å²) in [6.45, 7) is 3.64. The minimum Gasteiger partial charge on any atom is -0.466 e. The highest BCUT2D eigenvalue weighted by atomic mass is 16.5. The molecule has 8 nitrogen and oxygen atoms in total. The fourth-order valence-corrected chi connectivity index (χ4v) is 3.26. The molecule has 0 amide bonds. The highest BCUT2D eigenvalue weighted by Gasteiger charge is 2.32. The fraction of sp³-hybridized carbons (Fsp3) is 0.292. The Hall–Kier alpha value is -3.65. The molecule has 0 bridgehead atoms. The van der Waals surface area contributed by atoms with Crippen LogP contribution < -0.4 is 4.90 Å². The van der Waals surface area contributed by atoms with E-state index in [9.17, 15) is 14.4 Å². The number of hydrogen-bond donors (Lipinski definition) is 0. The Bertz CT molecular complexity index is 1020. The van der Waals surface area contributed by atoms with Gasteiger partial charge in [-0.05, 0) is 49.2 Å². The monoisotopic (exact) mass is 439 g/mol. The van der Waals surface area contributed by atoms with Gasteiger partial charge in [0.2, 0.25) is 0 Å². The molecular formula is C24H25NO7. The lowest BCUT2D eigenvalue weighted by Crippen LogP contribution is -2.38. The lowest BCUT2D eigenvalue weighted by atomic mass is 10.0. The zero-order valence-corrected chi connectivity index (χ0v) is 18.4. The van der Waals surface area contributed by atoms with Crippen LogP contribution in [0.3, 0.4) is 0 Å². The van der Waals surface area contributed by atoms with E-state index < -0.39 is 11.9 Å². The zero-order valence-electron chi connectivity index (χ0n) is 18.4. The van der Waals surface area contributed by atoms with Gasteiger partial charge in [-0.25, -0.2) is 14.4 Å². The number of methoxy groups -OCH3 is 2. The number of esters is 3. The Morgan fingerprint density at radius 3 is 1.94 bits per heavy atom. The van der Waals surface area contributed by atoms with Gasteiger partial charge in [0.05, 0.1) is 38.1 Å². The van der Waals surface area contributed by atoms with Crippen LogP contribution in [0.1, 0.15) is 24.2 Å². The third-order valence-corrected chi connectivity index (χ3v) is 4.81. The maximum Gasteiger partial charge on any atom is 0.355 e. The largest absolute Gasteiger partial charge is 0.466 e. The van der Waals surface area contributed by atoms with Gasteiger partial charge < -0.3 is 23.8 Å². The van der Waals surface area contributed by atoms with E-state index in [1.807, 2.05) is 36.4 Å². The first-order valence-electron chi connectivity index (χ1n) is 10.0. The van der Waals surface area contributed by atoms with Gasteiger partial charge in [0.15, 0.2) is 0 Å². The van der Waals surface area contributed by atoms with Crippen molar-refractivity contribution in [1.29, 1.82) is 0 Å². The van der Waals surface area contributed by atoms with E-state index in [-0.39, 0.29) is 36.7 Å². The summed E-state index contributed by atoms with van der Waals surface area (Å²) in [6, 6.07) is 14.5. The maximum atomic E-state index is 12.4. The van der Waals surface area contributed by atoms with Crippen LogP contribution in [0.15, 0.2) is 59.8 Å². The van der Waals surface area contributed by atoms with Crippen LogP contribution in [0.25, 0.3) is 11.1 Å². The quantitative estimate of drug-likeness (QED) is 0.500. The molecule has 2 aromatic rings. The molecule has 1 heterocycles. The molecule has 0 fully saturated rings. The van der Waals surface area contributed by atoms with Gasteiger partial charge in [-0.15, -0.1) is 0 Å². The highest BCUT2D eigenvalue weighted by molar-refractivity contribution is 6.03. The van der Waals surface area contributed by atoms with Gasteiger partial charge in [-0.2, -0.15) is 0 Å². The third kappa shape index (κ3) is 4.97. The topological polar surface area (TPSA) is 91.4 Å². The first-order chi connectivity index (χ1) is 15.3. The Kier molecular flexibility index (Phi) is 7.27.